The Bertz CT molecular complexity index is 911. The predicted molar refractivity (Wildman–Crippen MR) is 93.4 cm³/mol. The number of hydrogen-bond acceptors (Lipinski definition) is 3. The molecular formula is C18H15ClFN3O2. The molecule has 1 N–H and O–H groups in total. The van der Waals surface area contributed by atoms with Crippen molar-refractivity contribution in [2.45, 2.75) is 13.7 Å². The molecule has 0 fully saturated rings. The number of carbonyl (C=O) groups excluding carboxylic acids is 1. The summed E-state index contributed by atoms with van der Waals surface area (Å²) < 4.78 is 20.3. The first-order valence-electron chi connectivity index (χ1n) is 7.51. The van der Waals surface area contributed by atoms with Crippen LogP contribution in [0.4, 0.5) is 10.1 Å². The molecule has 3 aromatic rings. The van der Waals surface area contributed by atoms with Gasteiger partial charge in [0.1, 0.15) is 0 Å². The molecule has 0 radical (unpaired) electrons. The van der Waals surface area contributed by atoms with E-state index in [2.05, 4.69) is 10.4 Å². The van der Waals surface area contributed by atoms with Gasteiger partial charge in [-0.1, -0.05) is 29.8 Å². The van der Waals surface area contributed by atoms with Crippen molar-refractivity contribution in [2.24, 2.45) is 0 Å². The average Bonchev–Trinajstić information content (AvgIpc) is 3.06. The second-order valence-electron chi connectivity index (χ2n) is 5.36. The molecule has 0 aliphatic heterocycles. The quantitative estimate of drug-likeness (QED) is 0.740. The standard InChI is InChI=1S/C18H15ClFN3O2/c1-12-6-7-13(19)10-16(12)21-18(24)15-8-9-23(22-15)11-25-17-5-3-2-4-14(17)20/h2-10H,11H2,1H3,(H,21,24). The van der Waals surface area contributed by atoms with Gasteiger partial charge in [-0.05, 0) is 42.8 Å². The third-order valence-electron chi connectivity index (χ3n) is 3.51. The summed E-state index contributed by atoms with van der Waals surface area (Å²) in [7, 11) is 0. The van der Waals surface area contributed by atoms with Crippen molar-refractivity contribution in [3.05, 3.63) is 76.8 Å². The minimum Gasteiger partial charge on any atom is -0.468 e. The van der Waals surface area contributed by atoms with Gasteiger partial charge in [0.2, 0.25) is 0 Å². The van der Waals surface area contributed by atoms with Crippen molar-refractivity contribution >= 4 is 23.2 Å². The van der Waals surface area contributed by atoms with Gasteiger partial charge >= 0.3 is 0 Å². The van der Waals surface area contributed by atoms with Gasteiger partial charge in [-0.25, -0.2) is 9.07 Å². The highest BCUT2D eigenvalue weighted by Gasteiger charge is 2.12. The van der Waals surface area contributed by atoms with E-state index in [1.54, 1.807) is 36.5 Å². The molecule has 0 aliphatic carbocycles. The molecule has 0 saturated carbocycles. The summed E-state index contributed by atoms with van der Waals surface area (Å²) in [6, 6.07) is 12.9. The van der Waals surface area contributed by atoms with Crippen LogP contribution in [0, 0.1) is 12.7 Å². The van der Waals surface area contributed by atoms with E-state index in [4.69, 9.17) is 16.3 Å². The topological polar surface area (TPSA) is 56.2 Å². The van der Waals surface area contributed by atoms with E-state index in [0.29, 0.717) is 10.7 Å². The number of ether oxygens (including phenoxy) is 1. The summed E-state index contributed by atoms with van der Waals surface area (Å²) in [5.41, 5.74) is 1.73. The number of carbonyl (C=O) groups is 1. The minimum absolute atomic E-state index is 0.00952. The zero-order chi connectivity index (χ0) is 17.8. The fourth-order valence-corrected chi connectivity index (χ4v) is 2.34. The molecule has 0 aliphatic rings. The zero-order valence-electron chi connectivity index (χ0n) is 13.4. The predicted octanol–water partition coefficient (Wildman–Crippen LogP) is 4.27. The molecule has 1 aromatic heterocycles. The number of aromatic nitrogens is 2. The second-order valence-corrected chi connectivity index (χ2v) is 5.79. The van der Waals surface area contributed by atoms with Crippen LogP contribution in [0.3, 0.4) is 0 Å². The Morgan fingerprint density at radius 2 is 2.08 bits per heavy atom. The van der Waals surface area contributed by atoms with E-state index in [0.717, 1.165) is 5.56 Å². The van der Waals surface area contributed by atoms with E-state index in [1.165, 1.54) is 16.8 Å². The van der Waals surface area contributed by atoms with Crippen LogP contribution < -0.4 is 10.1 Å². The SMILES string of the molecule is Cc1ccc(Cl)cc1NC(=O)c1ccn(COc2ccccc2F)n1. The fraction of sp³-hybridized carbons (Fsp3) is 0.111. The lowest BCUT2D eigenvalue weighted by Crippen LogP contribution is -2.15. The highest BCUT2D eigenvalue weighted by molar-refractivity contribution is 6.31. The van der Waals surface area contributed by atoms with E-state index in [9.17, 15) is 9.18 Å². The maximum Gasteiger partial charge on any atom is 0.276 e. The molecule has 0 unspecified atom stereocenters. The smallest absolute Gasteiger partial charge is 0.276 e. The number of amides is 1. The highest BCUT2D eigenvalue weighted by atomic mass is 35.5. The summed E-state index contributed by atoms with van der Waals surface area (Å²) in [6.07, 6.45) is 1.58. The van der Waals surface area contributed by atoms with Crippen molar-refractivity contribution in [2.75, 3.05) is 5.32 Å². The Balaban J connectivity index is 1.65. The molecule has 1 heterocycles. The normalized spacial score (nSPS) is 10.5. The summed E-state index contributed by atoms with van der Waals surface area (Å²) in [6.45, 7) is 1.86. The first-order valence-corrected chi connectivity index (χ1v) is 7.89. The Labute approximate surface area is 149 Å². The molecule has 3 rings (SSSR count). The van der Waals surface area contributed by atoms with Gasteiger partial charge in [0.15, 0.2) is 24.0 Å². The number of benzene rings is 2. The second kappa shape index (κ2) is 7.36. The largest absolute Gasteiger partial charge is 0.468 e. The van der Waals surface area contributed by atoms with Crippen LogP contribution in [0.2, 0.25) is 5.02 Å². The minimum atomic E-state index is -0.455. The van der Waals surface area contributed by atoms with Gasteiger partial charge in [-0.3, -0.25) is 4.79 Å². The van der Waals surface area contributed by atoms with Crippen molar-refractivity contribution < 1.29 is 13.9 Å². The van der Waals surface area contributed by atoms with Gasteiger partial charge in [-0.15, -0.1) is 0 Å². The molecule has 0 spiro atoms. The third-order valence-corrected chi connectivity index (χ3v) is 3.75. The first-order chi connectivity index (χ1) is 12.0. The first kappa shape index (κ1) is 17.0. The Hall–Kier alpha value is -2.86. The van der Waals surface area contributed by atoms with Crippen LogP contribution >= 0.6 is 11.6 Å². The van der Waals surface area contributed by atoms with Crippen molar-refractivity contribution in [3.63, 3.8) is 0 Å². The molecule has 5 nitrogen and oxygen atoms in total. The maximum atomic E-state index is 13.5. The van der Waals surface area contributed by atoms with Crippen LogP contribution in [-0.2, 0) is 6.73 Å². The Kier molecular flexibility index (Phi) is 5.00. The monoisotopic (exact) mass is 359 g/mol. The summed E-state index contributed by atoms with van der Waals surface area (Å²) in [5.74, 6) is -0.697. The molecule has 25 heavy (non-hydrogen) atoms. The number of para-hydroxylation sites is 1. The lowest BCUT2D eigenvalue weighted by atomic mass is 10.2. The Morgan fingerprint density at radius 1 is 1.28 bits per heavy atom. The summed E-state index contributed by atoms with van der Waals surface area (Å²) in [4.78, 5) is 12.3. The van der Waals surface area contributed by atoms with Crippen LogP contribution in [0.25, 0.3) is 0 Å². The van der Waals surface area contributed by atoms with Gasteiger partial charge in [0.25, 0.3) is 5.91 Å². The zero-order valence-corrected chi connectivity index (χ0v) is 14.1. The number of nitrogens with zero attached hydrogens (tertiary/aromatic N) is 2. The van der Waals surface area contributed by atoms with Crippen molar-refractivity contribution in [1.29, 1.82) is 0 Å². The molecule has 2 aromatic carbocycles. The van der Waals surface area contributed by atoms with Crippen molar-refractivity contribution in [1.82, 2.24) is 9.78 Å². The van der Waals surface area contributed by atoms with Crippen LogP contribution in [0.5, 0.6) is 5.75 Å². The lowest BCUT2D eigenvalue weighted by Gasteiger charge is -2.08. The Morgan fingerprint density at radius 3 is 2.88 bits per heavy atom. The molecular weight excluding hydrogens is 345 g/mol. The number of hydrogen-bond donors (Lipinski definition) is 1. The molecule has 0 bridgehead atoms. The number of anilines is 1. The van der Waals surface area contributed by atoms with Gasteiger partial charge in [0.05, 0.1) is 0 Å². The van der Waals surface area contributed by atoms with Crippen LogP contribution in [-0.4, -0.2) is 15.7 Å². The number of rotatable bonds is 5. The summed E-state index contributed by atoms with van der Waals surface area (Å²) in [5, 5.41) is 7.42. The maximum absolute atomic E-state index is 13.5. The molecule has 0 saturated heterocycles. The number of aryl methyl sites for hydroxylation is 1. The molecule has 0 atom stereocenters. The molecule has 128 valence electrons. The van der Waals surface area contributed by atoms with Crippen molar-refractivity contribution in [3.8, 4) is 5.75 Å². The highest BCUT2D eigenvalue weighted by Crippen LogP contribution is 2.21. The van der Waals surface area contributed by atoms with E-state index in [1.807, 2.05) is 13.0 Å². The third kappa shape index (κ3) is 4.16. The van der Waals surface area contributed by atoms with Gasteiger partial charge < -0.3 is 10.1 Å². The molecule has 1 amide bonds. The molecule has 7 heteroatoms. The van der Waals surface area contributed by atoms with E-state index in [-0.39, 0.29) is 24.1 Å². The number of halogens is 2. The van der Waals surface area contributed by atoms with Gasteiger partial charge in [-0.2, -0.15) is 5.10 Å². The van der Waals surface area contributed by atoms with Gasteiger partial charge in [0, 0.05) is 16.9 Å². The summed E-state index contributed by atoms with van der Waals surface area (Å²) >= 11 is 5.94. The fourth-order valence-electron chi connectivity index (χ4n) is 2.17. The number of nitrogens with one attached hydrogen (secondary N) is 1. The van der Waals surface area contributed by atoms with Crippen LogP contribution in [0.1, 0.15) is 16.1 Å². The van der Waals surface area contributed by atoms with E-state index >= 15 is 0 Å². The lowest BCUT2D eigenvalue weighted by molar-refractivity contribution is 0.102. The van der Waals surface area contributed by atoms with E-state index < -0.39 is 5.82 Å². The van der Waals surface area contributed by atoms with Crippen LogP contribution in [0.15, 0.2) is 54.7 Å². The average molecular weight is 360 g/mol.